The monoisotopic (exact) mass is 186 g/mol. The van der Waals surface area contributed by atoms with Crippen LogP contribution in [0.3, 0.4) is 0 Å². The Balaban J connectivity index is 2.65. The van der Waals surface area contributed by atoms with E-state index < -0.39 is 0 Å². The second kappa shape index (κ2) is 4.25. The predicted molar refractivity (Wildman–Crippen MR) is 44.9 cm³/mol. The Labute approximate surface area is 77.2 Å². The topological polar surface area (TPSA) is 52.6 Å². The van der Waals surface area contributed by atoms with Crippen molar-refractivity contribution in [1.82, 2.24) is 0 Å². The zero-order valence-corrected chi connectivity index (χ0v) is 7.91. The fourth-order valence-corrected chi connectivity index (χ4v) is 1.64. The van der Waals surface area contributed by atoms with Crippen LogP contribution in [0.15, 0.2) is 0 Å². The van der Waals surface area contributed by atoms with Gasteiger partial charge in [0.05, 0.1) is 25.6 Å². The van der Waals surface area contributed by atoms with Gasteiger partial charge < -0.3 is 9.47 Å². The van der Waals surface area contributed by atoms with Gasteiger partial charge in [-0.25, -0.2) is 0 Å². The SMILES string of the molecule is CC[C@H](C(=O)OC)[C@@H]1CCOC1=O. The molecule has 0 aromatic rings. The molecule has 0 aromatic heterocycles. The Morgan fingerprint density at radius 3 is 2.85 bits per heavy atom. The van der Waals surface area contributed by atoms with Crippen molar-refractivity contribution in [2.75, 3.05) is 13.7 Å². The van der Waals surface area contributed by atoms with Crippen LogP contribution < -0.4 is 0 Å². The van der Waals surface area contributed by atoms with E-state index in [0.29, 0.717) is 19.4 Å². The summed E-state index contributed by atoms with van der Waals surface area (Å²) in [6, 6.07) is 0. The van der Waals surface area contributed by atoms with Gasteiger partial charge >= 0.3 is 11.9 Å². The molecule has 4 heteroatoms. The molecular formula is C9H14O4. The molecule has 0 unspecified atom stereocenters. The molecule has 0 aromatic carbocycles. The molecular weight excluding hydrogens is 172 g/mol. The molecule has 0 aliphatic carbocycles. The summed E-state index contributed by atoms with van der Waals surface area (Å²) in [6.07, 6.45) is 1.25. The molecule has 1 fully saturated rings. The smallest absolute Gasteiger partial charge is 0.309 e. The molecule has 0 spiro atoms. The van der Waals surface area contributed by atoms with E-state index in [1.165, 1.54) is 7.11 Å². The van der Waals surface area contributed by atoms with Gasteiger partial charge in [0.1, 0.15) is 0 Å². The van der Waals surface area contributed by atoms with E-state index >= 15 is 0 Å². The van der Waals surface area contributed by atoms with Crippen molar-refractivity contribution in [3.8, 4) is 0 Å². The van der Waals surface area contributed by atoms with Crippen LogP contribution in [0.25, 0.3) is 0 Å². The first-order valence-corrected chi connectivity index (χ1v) is 4.45. The third kappa shape index (κ3) is 1.99. The van der Waals surface area contributed by atoms with Crippen molar-refractivity contribution in [1.29, 1.82) is 0 Å². The Hall–Kier alpha value is -1.06. The Bertz CT molecular complexity index is 212. The summed E-state index contributed by atoms with van der Waals surface area (Å²) in [4.78, 5) is 22.4. The first kappa shape index (κ1) is 10.0. The first-order valence-electron chi connectivity index (χ1n) is 4.45. The van der Waals surface area contributed by atoms with Crippen molar-refractivity contribution < 1.29 is 19.1 Å². The minimum Gasteiger partial charge on any atom is -0.469 e. The van der Waals surface area contributed by atoms with Crippen LogP contribution in [0.4, 0.5) is 0 Å². The molecule has 0 N–H and O–H groups in total. The highest BCUT2D eigenvalue weighted by Gasteiger charge is 2.37. The number of cyclic esters (lactones) is 1. The van der Waals surface area contributed by atoms with Crippen LogP contribution in [0, 0.1) is 11.8 Å². The van der Waals surface area contributed by atoms with Crippen molar-refractivity contribution >= 4 is 11.9 Å². The predicted octanol–water partition coefficient (Wildman–Crippen LogP) is 0.749. The van der Waals surface area contributed by atoms with Gasteiger partial charge in [0, 0.05) is 0 Å². The van der Waals surface area contributed by atoms with Gasteiger partial charge in [0.2, 0.25) is 0 Å². The molecule has 1 rings (SSSR count). The lowest BCUT2D eigenvalue weighted by Gasteiger charge is -2.15. The molecule has 0 saturated carbocycles. The minimum absolute atomic E-state index is 0.266. The fourth-order valence-electron chi connectivity index (χ4n) is 1.64. The molecule has 1 aliphatic rings. The maximum Gasteiger partial charge on any atom is 0.309 e. The zero-order chi connectivity index (χ0) is 9.84. The van der Waals surface area contributed by atoms with Crippen molar-refractivity contribution in [3.05, 3.63) is 0 Å². The molecule has 13 heavy (non-hydrogen) atoms. The van der Waals surface area contributed by atoms with Crippen LogP contribution in [-0.2, 0) is 19.1 Å². The average molecular weight is 186 g/mol. The van der Waals surface area contributed by atoms with Gasteiger partial charge in [0.15, 0.2) is 0 Å². The highest BCUT2D eigenvalue weighted by Crippen LogP contribution is 2.26. The van der Waals surface area contributed by atoms with Crippen LogP contribution >= 0.6 is 0 Å². The van der Waals surface area contributed by atoms with Gasteiger partial charge in [0.25, 0.3) is 0 Å². The average Bonchev–Trinajstić information content (AvgIpc) is 2.53. The van der Waals surface area contributed by atoms with Crippen LogP contribution in [0.2, 0.25) is 0 Å². The number of hydrogen-bond donors (Lipinski definition) is 0. The molecule has 0 radical (unpaired) electrons. The van der Waals surface area contributed by atoms with E-state index in [1.54, 1.807) is 0 Å². The molecule has 74 valence electrons. The maximum atomic E-state index is 11.2. The Morgan fingerprint density at radius 2 is 2.46 bits per heavy atom. The van der Waals surface area contributed by atoms with Gasteiger partial charge in [-0.2, -0.15) is 0 Å². The highest BCUT2D eigenvalue weighted by molar-refractivity contribution is 5.82. The fraction of sp³-hybridized carbons (Fsp3) is 0.778. The molecule has 1 saturated heterocycles. The Morgan fingerprint density at radius 1 is 1.77 bits per heavy atom. The molecule has 4 nitrogen and oxygen atoms in total. The van der Waals surface area contributed by atoms with E-state index in [2.05, 4.69) is 4.74 Å². The van der Waals surface area contributed by atoms with Crippen LogP contribution in [-0.4, -0.2) is 25.7 Å². The lowest BCUT2D eigenvalue weighted by molar-refractivity contribution is -0.153. The summed E-state index contributed by atoms with van der Waals surface area (Å²) < 4.78 is 9.41. The van der Waals surface area contributed by atoms with E-state index in [-0.39, 0.29) is 23.8 Å². The largest absolute Gasteiger partial charge is 0.469 e. The molecule has 1 heterocycles. The lowest BCUT2D eigenvalue weighted by Crippen LogP contribution is -2.27. The minimum atomic E-state index is -0.333. The van der Waals surface area contributed by atoms with E-state index in [1.807, 2.05) is 6.92 Å². The van der Waals surface area contributed by atoms with Crippen LogP contribution in [0.1, 0.15) is 19.8 Å². The number of esters is 2. The number of carbonyl (C=O) groups is 2. The summed E-state index contributed by atoms with van der Waals surface area (Å²) in [7, 11) is 1.34. The third-order valence-corrected chi connectivity index (χ3v) is 2.41. The quantitative estimate of drug-likeness (QED) is 0.610. The third-order valence-electron chi connectivity index (χ3n) is 2.41. The number of carbonyl (C=O) groups excluding carboxylic acids is 2. The van der Waals surface area contributed by atoms with E-state index in [0.717, 1.165) is 0 Å². The molecule has 0 bridgehead atoms. The van der Waals surface area contributed by atoms with Crippen molar-refractivity contribution in [2.24, 2.45) is 11.8 Å². The molecule has 2 atom stereocenters. The number of ether oxygens (including phenoxy) is 2. The standard InChI is InChI=1S/C9H14O4/c1-3-6(8(10)12-2)7-4-5-13-9(7)11/h6-7H,3-5H2,1-2H3/t6-,7-/m0/s1. The second-order valence-corrected chi connectivity index (χ2v) is 3.10. The molecule has 0 amide bonds. The maximum absolute atomic E-state index is 11.2. The van der Waals surface area contributed by atoms with Gasteiger partial charge in [-0.3, -0.25) is 9.59 Å². The molecule has 1 aliphatic heterocycles. The lowest BCUT2D eigenvalue weighted by atomic mass is 9.89. The van der Waals surface area contributed by atoms with Gasteiger partial charge in [-0.05, 0) is 12.8 Å². The normalized spacial score (nSPS) is 23.8. The summed E-state index contributed by atoms with van der Waals surface area (Å²) in [6.45, 7) is 2.30. The first-order chi connectivity index (χ1) is 6.20. The van der Waals surface area contributed by atoms with E-state index in [4.69, 9.17) is 4.74 Å². The highest BCUT2D eigenvalue weighted by atomic mass is 16.5. The van der Waals surface area contributed by atoms with Gasteiger partial charge in [-0.1, -0.05) is 6.92 Å². The summed E-state index contributed by atoms with van der Waals surface area (Å²) in [5, 5.41) is 0. The van der Waals surface area contributed by atoms with E-state index in [9.17, 15) is 9.59 Å². The zero-order valence-electron chi connectivity index (χ0n) is 7.91. The summed E-state index contributed by atoms with van der Waals surface area (Å²) >= 11 is 0. The number of hydrogen-bond acceptors (Lipinski definition) is 4. The number of methoxy groups -OCH3 is 1. The van der Waals surface area contributed by atoms with Gasteiger partial charge in [-0.15, -0.1) is 0 Å². The second-order valence-electron chi connectivity index (χ2n) is 3.10. The Kier molecular flexibility index (Phi) is 3.28. The summed E-state index contributed by atoms with van der Waals surface area (Å²) in [5.41, 5.74) is 0. The van der Waals surface area contributed by atoms with Crippen molar-refractivity contribution in [3.63, 3.8) is 0 Å². The number of rotatable bonds is 3. The van der Waals surface area contributed by atoms with Crippen LogP contribution in [0.5, 0.6) is 0 Å². The van der Waals surface area contributed by atoms with Crippen molar-refractivity contribution in [2.45, 2.75) is 19.8 Å². The summed E-state index contributed by atoms with van der Waals surface area (Å²) in [5.74, 6) is -1.21.